The maximum atomic E-state index is 12.4. The zero-order valence-corrected chi connectivity index (χ0v) is 12.8. The maximum absolute atomic E-state index is 12.4. The second-order valence-corrected chi connectivity index (χ2v) is 6.29. The number of hydrogen-bond donors (Lipinski definition) is 2. The highest BCUT2D eigenvalue weighted by Gasteiger charge is 2.36. The summed E-state index contributed by atoms with van der Waals surface area (Å²) in [5.74, 6) is 0.0135. The summed E-state index contributed by atoms with van der Waals surface area (Å²) in [5, 5.41) is 4.26. The molecule has 0 saturated heterocycles. The van der Waals surface area contributed by atoms with Crippen LogP contribution in [0.25, 0.3) is 10.9 Å². The van der Waals surface area contributed by atoms with Crippen molar-refractivity contribution < 1.29 is 4.79 Å². The number of carbonyl (C=O) groups is 1. The summed E-state index contributed by atoms with van der Waals surface area (Å²) in [6.07, 6.45) is 6.72. The normalized spacial score (nSPS) is 17.5. The predicted octanol–water partition coefficient (Wildman–Crippen LogP) is 2.77. The lowest BCUT2D eigenvalue weighted by Crippen LogP contribution is -2.50. The van der Waals surface area contributed by atoms with Crippen molar-refractivity contribution in [3.63, 3.8) is 0 Å². The van der Waals surface area contributed by atoms with Crippen molar-refractivity contribution in [2.75, 3.05) is 20.6 Å². The Hall–Kier alpha value is -1.81. The van der Waals surface area contributed by atoms with Crippen LogP contribution in [0.1, 0.15) is 36.0 Å². The molecule has 21 heavy (non-hydrogen) atoms. The molecule has 0 unspecified atom stereocenters. The smallest absolute Gasteiger partial charge is 0.251 e. The molecule has 1 fully saturated rings. The highest BCUT2D eigenvalue weighted by atomic mass is 16.1. The minimum absolute atomic E-state index is 0.0135. The Morgan fingerprint density at radius 2 is 2.05 bits per heavy atom. The number of benzene rings is 1. The van der Waals surface area contributed by atoms with Gasteiger partial charge in [-0.15, -0.1) is 0 Å². The SMILES string of the molecule is CN(C)C1(CNC(=O)c2ccc3cc[nH]c3c2)CCCC1. The van der Waals surface area contributed by atoms with Gasteiger partial charge in [0, 0.05) is 29.4 Å². The molecule has 1 aliphatic carbocycles. The van der Waals surface area contributed by atoms with E-state index in [4.69, 9.17) is 0 Å². The number of H-pyrrole nitrogens is 1. The number of amides is 1. The Bertz CT molecular complexity index is 638. The number of aromatic amines is 1. The Labute approximate surface area is 125 Å². The van der Waals surface area contributed by atoms with E-state index in [-0.39, 0.29) is 11.4 Å². The molecule has 0 spiro atoms. The second kappa shape index (κ2) is 5.53. The molecule has 1 aromatic carbocycles. The molecule has 0 aliphatic heterocycles. The number of nitrogens with zero attached hydrogens (tertiary/aromatic N) is 1. The third-order valence-corrected chi connectivity index (χ3v) is 4.88. The summed E-state index contributed by atoms with van der Waals surface area (Å²) in [6, 6.07) is 7.80. The van der Waals surface area contributed by atoms with Crippen molar-refractivity contribution in [1.29, 1.82) is 0 Å². The highest BCUT2D eigenvalue weighted by Crippen LogP contribution is 2.33. The third-order valence-electron chi connectivity index (χ3n) is 4.88. The third kappa shape index (κ3) is 2.68. The number of aromatic nitrogens is 1. The molecule has 1 heterocycles. The lowest BCUT2D eigenvalue weighted by Gasteiger charge is -2.36. The van der Waals surface area contributed by atoms with E-state index in [0.29, 0.717) is 0 Å². The van der Waals surface area contributed by atoms with Gasteiger partial charge in [-0.1, -0.05) is 18.9 Å². The number of likely N-dealkylation sites (N-methyl/N-ethyl adjacent to an activating group) is 1. The van der Waals surface area contributed by atoms with E-state index < -0.39 is 0 Å². The van der Waals surface area contributed by atoms with Crippen LogP contribution in [0.15, 0.2) is 30.5 Å². The average molecular weight is 285 g/mol. The Morgan fingerprint density at radius 1 is 1.29 bits per heavy atom. The number of carbonyl (C=O) groups excluding carboxylic acids is 1. The molecular weight excluding hydrogens is 262 g/mol. The van der Waals surface area contributed by atoms with Crippen molar-refractivity contribution in [3.8, 4) is 0 Å². The van der Waals surface area contributed by atoms with Crippen molar-refractivity contribution >= 4 is 16.8 Å². The van der Waals surface area contributed by atoms with Gasteiger partial charge in [-0.2, -0.15) is 0 Å². The first-order chi connectivity index (χ1) is 10.1. The van der Waals surface area contributed by atoms with Gasteiger partial charge < -0.3 is 15.2 Å². The van der Waals surface area contributed by atoms with E-state index in [1.54, 1.807) is 0 Å². The minimum atomic E-state index is 0.0135. The number of nitrogens with one attached hydrogen (secondary N) is 2. The van der Waals surface area contributed by atoms with E-state index in [1.807, 2.05) is 30.5 Å². The molecule has 1 aromatic heterocycles. The zero-order chi connectivity index (χ0) is 14.9. The van der Waals surface area contributed by atoms with E-state index in [9.17, 15) is 4.79 Å². The fraction of sp³-hybridized carbons (Fsp3) is 0.471. The van der Waals surface area contributed by atoms with Gasteiger partial charge in [0.2, 0.25) is 0 Å². The standard InChI is InChI=1S/C17H23N3O/c1-20(2)17(8-3-4-9-17)12-19-16(21)14-6-5-13-7-10-18-15(13)11-14/h5-7,10-11,18H,3-4,8-9,12H2,1-2H3,(H,19,21). The maximum Gasteiger partial charge on any atom is 0.251 e. The quantitative estimate of drug-likeness (QED) is 0.907. The van der Waals surface area contributed by atoms with Crippen LogP contribution in [0.4, 0.5) is 0 Å². The first-order valence-corrected chi connectivity index (χ1v) is 7.64. The molecule has 0 atom stereocenters. The van der Waals surface area contributed by atoms with Crippen molar-refractivity contribution in [2.45, 2.75) is 31.2 Å². The van der Waals surface area contributed by atoms with Crippen LogP contribution in [-0.4, -0.2) is 42.0 Å². The molecular formula is C17H23N3O. The van der Waals surface area contributed by atoms with Crippen LogP contribution >= 0.6 is 0 Å². The number of rotatable bonds is 4. The highest BCUT2D eigenvalue weighted by molar-refractivity contribution is 5.97. The van der Waals surface area contributed by atoms with Crippen molar-refractivity contribution in [2.24, 2.45) is 0 Å². The topological polar surface area (TPSA) is 48.1 Å². The Kier molecular flexibility index (Phi) is 3.72. The molecule has 2 N–H and O–H groups in total. The van der Waals surface area contributed by atoms with E-state index in [0.717, 1.165) is 35.9 Å². The molecule has 1 aliphatic rings. The van der Waals surface area contributed by atoms with E-state index >= 15 is 0 Å². The van der Waals surface area contributed by atoms with Crippen LogP contribution in [0.5, 0.6) is 0 Å². The average Bonchev–Trinajstić information content (AvgIpc) is 3.13. The van der Waals surface area contributed by atoms with E-state index in [2.05, 4.69) is 29.3 Å². The van der Waals surface area contributed by atoms with Gasteiger partial charge in [0.1, 0.15) is 0 Å². The number of hydrogen-bond acceptors (Lipinski definition) is 2. The minimum Gasteiger partial charge on any atom is -0.361 e. The molecule has 2 aromatic rings. The molecule has 3 rings (SSSR count). The first-order valence-electron chi connectivity index (χ1n) is 7.64. The second-order valence-electron chi connectivity index (χ2n) is 6.29. The fourth-order valence-corrected chi connectivity index (χ4v) is 3.35. The van der Waals surface area contributed by atoms with Crippen LogP contribution in [0.2, 0.25) is 0 Å². The van der Waals surface area contributed by atoms with Gasteiger partial charge in [0.05, 0.1) is 0 Å². The largest absolute Gasteiger partial charge is 0.361 e. The molecule has 1 saturated carbocycles. The van der Waals surface area contributed by atoms with E-state index in [1.165, 1.54) is 12.8 Å². The van der Waals surface area contributed by atoms with Crippen LogP contribution in [-0.2, 0) is 0 Å². The monoisotopic (exact) mass is 285 g/mol. The van der Waals surface area contributed by atoms with Gasteiger partial charge in [-0.05, 0) is 50.5 Å². The molecule has 112 valence electrons. The van der Waals surface area contributed by atoms with Crippen LogP contribution < -0.4 is 5.32 Å². The van der Waals surface area contributed by atoms with Crippen molar-refractivity contribution in [3.05, 3.63) is 36.0 Å². The van der Waals surface area contributed by atoms with Gasteiger partial charge in [0.15, 0.2) is 0 Å². The van der Waals surface area contributed by atoms with Gasteiger partial charge in [-0.3, -0.25) is 4.79 Å². The number of fused-ring (bicyclic) bond motifs is 1. The molecule has 4 nitrogen and oxygen atoms in total. The summed E-state index contributed by atoms with van der Waals surface area (Å²) < 4.78 is 0. The van der Waals surface area contributed by atoms with Gasteiger partial charge in [-0.25, -0.2) is 0 Å². The Morgan fingerprint density at radius 3 is 2.76 bits per heavy atom. The summed E-state index contributed by atoms with van der Waals surface area (Å²) >= 11 is 0. The Balaban J connectivity index is 1.70. The zero-order valence-electron chi connectivity index (χ0n) is 12.8. The van der Waals surface area contributed by atoms with Gasteiger partial charge >= 0.3 is 0 Å². The van der Waals surface area contributed by atoms with Gasteiger partial charge in [0.25, 0.3) is 5.91 Å². The summed E-state index contributed by atoms with van der Waals surface area (Å²) in [4.78, 5) is 17.8. The van der Waals surface area contributed by atoms with Crippen LogP contribution in [0, 0.1) is 0 Å². The summed E-state index contributed by atoms with van der Waals surface area (Å²) in [5.41, 5.74) is 1.86. The fourth-order valence-electron chi connectivity index (χ4n) is 3.35. The van der Waals surface area contributed by atoms with Crippen molar-refractivity contribution in [1.82, 2.24) is 15.2 Å². The lowest BCUT2D eigenvalue weighted by molar-refractivity contribution is 0.0900. The summed E-state index contributed by atoms with van der Waals surface area (Å²) in [6.45, 7) is 0.724. The lowest BCUT2D eigenvalue weighted by atomic mass is 9.96. The first kappa shape index (κ1) is 14.1. The molecule has 1 amide bonds. The van der Waals surface area contributed by atoms with Crippen LogP contribution in [0.3, 0.4) is 0 Å². The molecule has 4 heteroatoms. The molecule has 0 bridgehead atoms. The predicted molar refractivity (Wildman–Crippen MR) is 85.5 cm³/mol. The molecule has 0 radical (unpaired) electrons. The summed E-state index contributed by atoms with van der Waals surface area (Å²) in [7, 11) is 4.23.